The van der Waals surface area contributed by atoms with Crippen molar-refractivity contribution in [2.45, 2.75) is 6.54 Å². The number of methoxy groups -OCH3 is 1. The van der Waals surface area contributed by atoms with Crippen LogP contribution >= 0.6 is 11.6 Å². The predicted octanol–water partition coefficient (Wildman–Crippen LogP) is 3.17. The Morgan fingerprint density at radius 1 is 1.26 bits per heavy atom. The predicted molar refractivity (Wildman–Crippen MR) is 89.9 cm³/mol. The molecule has 3 rings (SSSR count). The maximum Gasteiger partial charge on any atom is 0.251 e. The van der Waals surface area contributed by atoms with Gasteiger partial charge in [-0.3, -0.25) is 4.79 Å². The van der Waals surface area contributed by atoms with Crippen LogP contribution in [0.25, 0.3) is 11.0 Å². The number of hydrogen-bond donors (Lipinski definition) is 1. The van der Waals surface area contributed by atoms with Crippen molar-refractivity contribution in [3.05, 3.63) is 58.9 Å². The van der Waals surface area contributed by atoms with Crippen molar-refractivity contribution in [2.75, 3.05) is 7.11 Å². The number of ether oxygens (including phenoxy) is 1. The Balaban J connectivity index is 1.72. The van der Waals surface area contributed by atoms with Gasteiger partial charge in [0.15, 0.2) is 0 Å². The van der Waals surface area contributed by atoms with E-state index in [0.717, 1.165) is 16.8 Å². The van der Waals surface area contributed by atoms with Crippen molar-refractivity contribution in [2.24, 2.45) is 7.05 Å². The van der Waals surface area contributed by atoms with Gasteiger partial charge in [-0.2, -0.15) is 0 Å². The first-order valence-corrected chi connectivity index (χ1v) is 7.49. The Hall–Kier alpha value is -2.53. The number of carbonyl (C=O) groups is 1. The van der Waals surface area contributed by atoms with E-state index in [9.17, 15) is 4.79 Å². The average molecular weight is 330 g/mol. The summed E-state index contributed by atoms with van der Waals surface area (Å²) in [5.74, 6) is 0.641. The lowest BCUT2D eigenvalue weighted by Crippen LogP contribution is -2.22. The highest BCUT2D eigenvalue weighted by Gasteiger charge is 2.10. The first kappa shape index (κ1) is 15.4. The van der Waals surface area contributed by atoms with Crippen LogP contribution in [0.2, 0.25) is 5.28 Å². The minimum absolute atomic E-state index is 0.149. The standard InChI is InChI=1S/C17H16ClN3O2/c1-21-15-8-5-12(9-14(15)20-17(21)18)16(22)19-10-11-3-6-13(23-2)7-4-11/h3-9H,10H2,1-2H3,(H,19,22). The molecule has 118 valence electrons. The van der Waals surface area contributed by atoms with Gasteiger partial charge in [-0.25, -0.2) is 4.98 Å². The third-order valence-electron chi connectivity index (χ3n) is 3.70. The maximum absolute atomic E-state index is 12.3. The van der Waals surface area contributed by atoms with Crippen molar-refractivity contribution in [3.8, 4) is 5.75 Å². The normalized spacial score (nSPS) is 10.7. The molecule has 6 heteroatoms. The van der Waals surface area contributed by atoms with Gasteiger partial charge >= 0.3 is 0 Å². The van der Waals surface area contributed by atoms with Gasteiger partial charge < -0.3 is 14.6 Å². The molecule has 0 atom stereocenters. The second kappa shape index (κ2) is 6.30. The van der Waals surface area contributed by atoms with E-state index in [-0.39, 0.29) is 5.91 Å². The fraction of sp³-hybridized carbons (Fsp3) is 0.176. The van der Waals surface area contributed by atoms with E-state index in [1.54, 1.807) is 23.8 Å². The maximum atomic E-state index is 12.3. The molecule has 1 aromatic heterocycles. The quantitative estimate of drug-likeness (QED) is 0.800. The number of fused-ring (bicyclic) bond motifs is 1. The van der Waals surface area contributed by atoms with Crippen LogP contribution in [0.5, 0.6) is 5.75 Å². The molecule has 3 aromatic rings. The molecular formula is C17H16ClN3O2. The Bertz CT molecular complexity index is 856. The number of halogens is 1. The summed E-state index contributed by atoms with van der Waals surface area (Å²) >= 11 is 5.99. The van der Waals surface area contributed by atoms with Crippen LogP contribution < -0.4 is 10.1 Å². The fourth-order valence-electron chi connectivity index (χ4n) is 2.34. The monoisotopic (exact) mass is 329 g/mol. The first-order valence-electron chi connectivity index (χ1n) is 7.11. The molecule has 5 nitrogen and oxygen atoms in total. The highest BCUT2D eigenvalue weighted by Crippen LogP contribution is 2.19. The Morgan fingerprint density at radius 2 is 2.00 bits per heavy atom. The summed E-state index contributed by atoms with van der Waals surface area (Å²) in [4.78, 5) is 16.5. The lowest BCUT2D eigenvalue weighted by molar-refractivity contribution is 0.0951. The molecule has 0 aliphatic rings. The van der Waals surface area contributed by atoms with E-state index in [4.69, 9.17) is 16.3 Å². The molecule has 1 N–H and O–H groups in total. The van der Waals surface area contributed by atoms with Crippen LogP contribution in [-0.2, 0) is 13.6 Å². The molecule has 0 aliphatic carbocycles. The van der Waals surface area contributed by atoms with Crippen LogP contribution in [0.3, 0.4) is 0 Å². The number of hydrogen-bond acceptors (Lipinski definition) is 3. The van der Waals surface area contributed by atoms with Gasteiger partial charge in [0.05, 0.1) is 18.1 Å². The smallest absolute Gasteiger partial charge is 0.251 e. The molecule has 2 aromatic carbocycles. The van der Waals surface area contributed by atoms with Gasteiger partial charge in [0.1, 0.15) is 5.75 Å². The summed E-state index contributed by atoms with van der Waals surface area (Å²) in [6.07, 6.45) is 0. The molecule has 0 bridgehead atoms. The largest absolute Gasteiger partial charge is 0.497 e. The van der Waals surface area contributed by atoms with Crippen molar-refractivity contribution in [1.82, 2.24) is 14.9 Å². The minimum atomic E-state index is -0.149. The van der Waals surface area contributed by atoms with E-state index < -0.39 is 0 Å². The average Bonchev–Trinajstić information content (AvgIpc) is 2.87. The van der Waals surface area contributed by atoms with Crippen LogP contribution in [0.4, 0.5) is 0 Å². The number of aromatic nitrogens is 2. The van der Waals surface area contributed by atoms with Gasteiger partial charge in [0.2, 0.25) is 5.28 Å². The summed E-state index contributed by atoms with van der Waals surface area (Å²) in [6, 6.07) is 12.9. The van der Waals surface area contributed by atoms with Crippen molar-refractivity contribution >= 4 is 28.5 Å². The zero-order valence-corrected chi connectivity index (χ0v) is 13.6. The van der Waals surface area contributed by atoms with Crippen LogP contribution in [-0.4, -0.2) is 22.6 Å². The van der Waals surface area contributed by atoms with Crippen molar-refractivity contribution in [3.63, 3.8) is 0 Å². The van der Waals surface area contributed by atoms with E-state index in [0.29, 0.717) is 22.9 Å². The third-order valence-corrected chi connectivity index (χ3v) is 4.04. The summed E-state index contributed by atoms with van der Waals surface area (Å²) < 4.78 is 6.88. The summed E-state index contributed by atoms with van der Waals surface area (Å²) in [6.45, 7) is 0.448. The molecule has 0 spiro atoms. The van der Waals surface area contributed by atoms with Crippen LogP contribution in [0.1, 0.15) is 15.9 Å². The Kier molecular flexibility index (Phi) is 4.21. The second-order valence-electron chi connectivity index (χ2n) is 5.17. The third kappa shape index (κ3) is 3.14. The van der Waals surface area contributed by atoms with E-state index in [2.05, 4.69) is 10.3 Å². The number of imidazole rings is 1. The van der Waals surface area contributed by atoms with Crippen LogP contribution in [0.15, 0.2) is 42.5 Å². The molecule has 1 amide bonds. The molecule has 0 aliphatic heterocycles. The minimum Gasteiger partial charge on any atom is -0.497 e. The van der Waals surface area contributed by atoms with Gasteiger partial charge in [0.25, 0.3) is 5.91 Å². The zero-order chi connectivity index (χ0) is 16.4. The molecular weight excluding hydrogens is 314 g/mol. The van der Waals surface area contributed by atoms with Gasteiger partial charge in [-0.05, 0) is 47.5 Å². The molecule has 23 heavy (non-hydrogen) atoms. The number of benzene rings is 2. The molecule has 1 heterocycles. The summed E-state index contributed by atoms with van der Waals surface area (Å²) in [5.41, 5.74) is 3.15. The highest BCUT2D eigenvalue weighted by molar-refractivity contribution is 6.29. The van der Waals surface area contributed by atoms with Gasteiger partial charge in [-0.1, -0.05) is 12.1 Å². The van der Waals surface area contributed by atoms with Crippen molar-refractivity contribution < 1.29 is 9.53 Å². The molecule has 0 saturated heterocycles. The lowest BCUT2D eigenvalue weighted by atomic mass is 10.1. The molecule has 0 fully saturated rings. The number of carbonyl (C=O) groups excluding carboxylic acids is 1. The molecule has 0 saturated carbocycles. The van der Waals surface area contributed by atoms with Crippen molar-refractivity contribution in [1.29, 1.82) is 0 Å². The Morgan fingerprint density at radius 3 is 2.70 bits per heavy atom. The van der Waals surface area contributed by atoms with Crippen LogP contribution in [0, 0.1) is 0 Å². The number of nitrogens with one attached hydrogen (secondary N) is 1. The molecule has 0 unspecified atom stereocenters. The van der Waals surface area contributed by atoms with Gasteiger partial charge in [-0.15, -0.1) is 0 Å². The number of aryl methyl sites for hydroxylation is 1. The van der Waals surface area contributed by atoms with E-state index in [1.165, 1.54) is 0 Å². The summed E-state index contributed by atoms with van der Waals surface area (Å²) in [5, 5.41) is 3.29. The Labute approximate surface area is 138 Å². The number of nitrogens with zero attached hydrogens (tertiary/aromatic N) is 2. The zero-order valence-electron chi connectivity index (χ0n) is 12.8. The van der Waals surface area contributed by atoms with E-state index in [1.807, 2.05) is 37.4 Å². The lowest BCUT2D eigenvalue weighted by Gasteiger charge is -2.06. The van der Waals surface area contributed by atoms with E-state index >= 15 is 0 Å². The first-order chi connectivity index (χ1) is 11.1. The highest BCUT2D eigenvalue weighted by atomic mass is 35.5. The SMILES string of the molecule is COc1ccc(CNC(=O)c2ccc3c(c2)nc(Cl)n3C)cc1. The second-order valence-corrected chi connectivity index (χ2v) is 5.51. The molecule has 0 radical (unpaired) electrons. The van der Waals surface area contributed by atoms with Gasteiger partial charge in [0, 0.05) is 19.2 Å². The fourth-order valence-corrected chi connectivity index (χ4v) is 2.52. The number of rotatable bonds is 4. The topological polar surface area (TPSA) is 56.1 Å². The number of amides is 1. The summed E-state index contributed by atoms with van der Waals surface area (Å²) in [7, 11) is 3.46.